The molecular formula is C6H4BClF2O2. The van der Waals surface area contributed by atoms with Gasteiger partial charge in [0.25, 0.3) is 0 Å². The molecule has 0 unspecified atom stereocenters. The van der Waals surface area contributed by atoms with E-state index >= 15 is 0 Å². The number of hydrogen-bond donors (Lipinski definition) is 1. The van der Waals surface area contributed by atoms with Gasteiger partial charge in [0.2, 0.25) is 0 Å². The Morgan fingerprint density at radius 2 is 2.08 bits per heavy atom. The van der Waals surface area contributed by atoms with Crippen molar-refractivity contribution in [2.75, 3.05) is 0 Å². The van der Waals surface area contributed by atoms with Crippen LogP contribution in [0.5, 0.6) is 0 Å². The highest BCUT2D eigenvalue weighted by atomic mass is 35.5. The Morgan fingerprint density at radius 3 is 2.58 bits per heavy atom. The summed E-state index contributed by atoms with van der Waals surface area (Å²) in [6, 6.07) is 2.68. The Kier molecular flexibility index (Phi) is 3.02. The molecule has 0 aliphatic heterocycles. The fraction of sp³-hybridized carbons (Fsp3) is 0. The molecule has 0 aliphatic carbocycles. The largest absolute Gasteiger partial charge is 0.511 e. The number of rotatable bonds is 2. The summed E-state index contributed by atoms with van der Waals surface area (Å²) in [6.07, 6.45) is 0. The standard InChI is InChI=1S/C6H4BClF2O2/c8-12-7(11)5-2-1-4(9)3-6(5)10/h1-3,11H. The fourth-order valence-electron chi connectivity index (χ4n) is 0.750. The van der Waals surface area contributed by atoms with E-state index in [2.05, 4.69) is 4.21 Å². The average Bonchev–Trinajstić information content (AvgIpc) is 2.03. The smallest absolute Gasteiger partial charge is 0.422 e. The van der Waals surface area contributed by atoms with E-state index in [4.69, 9.17) is 16.9 Å². The van der Waals surface area contributed by atoms with E-state index in [-0.39, 0.29) is 5.46 Å². The molecule has 1 rings (SSSR count). The van der Waals surface area contributed by atoms with E-state index in [1.165, 1.54) is 0 Å². The lowest BCUT2D eigenvalue weighted by atomic mass is 9.80. The zero-order valence-corrected chi connectivity index (χ0v) is 6.55. The minimum absolute atomic E-state index is 0.202. The fourth-order valence-corrected chi connectivity index (χ4v) is 0.846. The Balaban J connectivity index is 3.01. The molecule has 0 fully saturated rings. The lowest BCUT2D eigenvalue weighted by Crippen LogP contribution is -2.33. The van der Waals surface area contributed by atoms with Crippen molar-refractivity contribution in [3.8, 4) is 0 Å². The van der Waals surface area contributed by atoms with Crippen molar-refractivity contribution < 1.29 is 18.0 Å². The first-order valence-electron chi connectivity index (χ1n) is 3.05. The quantitative estimate of drug-likeness (QED) is 0.703. The minimum Gasteiger partial charge on any atom is -0.422 e. The maximum absolute atomic E-state index is 12.7. The van der Waals surface area contributed by atoms with Gasteiger partial charge in [0.15, 0.2) is 0 Å². The molecule has 0 aliphatic rings. The van der Waals surface area contributed by atoms with Gasteiger partial charge in [0.1, 0.15) is 11.6 Å². The zero-order valence-electron chi connectivity index (χ0n) is 5.80. The summed E-state index contributed by atoms with van der Waals surface area (Å²) in [6.45, 7) is 0. The van der Waals surface area contributed by atoms with Gasteiger partial charge in [-0.15, -0.1) is 0 Å². The molecule has 2 nitrogen and oxygen atoms in total. The lowest BCUT2D eigenvalue weighted by Gasteiger charge is -2.02. The molecular weight excluding hydrogens is 188 g/mol. The average molecular weight is 192 g/mol. The predicted molar refractivity (Wildman–Crippen MR) is 40.9 cm³/mol. The number of hydrogen-bond acceptors (Lipinski definition) is 2. The van der Waals surface area contributed by atoms with Gasteiger partial charge in [-0.3, -0.25) is 0 Å². The molecule has 12 heavy (non-hydrogen) atoms. The van der Waals surface area contributed by atoms with Crippen LogP contribution < -0.4 is 5.46 Å². The van der Waals surface area contributed by atoms with Crippen molar-refractivity contribution in [3.63, 3.8) is 0 Å². The first-order valence-corrected chi connectivity index (χ1v) is 3.36. The molecule has 0 atom stereocenters. The molecule has 0 bridgehead atoms. The summed E-state index contributed by atoms with van der Waals surface area (Å²) in [5.41, 5.74) is -0.202. The van der Waals surface area contributed by atoms with Crippen LogP contribution in [0, 0.1) is 11.6 Å². The molecule has 6 heteroatoms. The zero-order chi connectivity index (χ0) is 9.14. The molecule has 0 heterocycles. The second-order valence-electron chi connectivity index (χ2n) is 2.11. The second kappa shape index (κ2) is 3.84. The van der Waals surface area contributed by atoms with Gasteiger partial charge in [-0.05, 0) is 6.07 Å². The molecule has 0 amide bonds. The summed E-state index contributed by atoms with van der Waals surface area (Å²) in [5, 5.41) is 8.88. The summed E-state index contributed by atoms with van der Waals surface area (Å²) < 4.78 is 29.0. The third-order valence-electron chi connectivity index (χ3n) is 1.31. The third kappa shape index (κ3) is 1.94. The molecule has 0 saturated carbocycles. The maximum atomic E-state index is 12.7. The van der Waals surface area contributed by atoms with Gasteiger partial charge >= 0.3 is 7.12 Å². The molecule has 0 radical (unpaired) electrons. The van der Waals surface area contributed by atoms with Crippen LogP contribution in [-0.4, -0.2) is 12.1 Å². The lowest BCUT2D eigenvalue weighted by molar-refractivity contribution is 0.453. The first kappa shape index (κ1) is 9.44. The van der Waals surface area contributed by atoms with Gasteiger partial charge in [-0.2, -0.15) is 0 Å². The second-order valence-corrected chi connectivity index (χ2v) is 2.29. The molecule has 1 aromatic carbocycles. The van der Waals surface area contributed by atoms with E-state index in [1.54, 1.807) is 0 Å². The highest BCUT2D eigenvalue weighted by molar-refractivity contribution is 6.63. The normalized spacial score (nSPS) is 10.0. The molecule has 64 valence electrons. The molecule has 1 N–H and O–H groups in total. The van der Waals surface area contributed by atoms with Crippen LogP contribution >= 0.6 is 11.9 Å². The minimum atomic E-state index is -1.58. The number of benzene rings is 1. The Hall–Kier alpha value is -0.645. The SMILES string of the molecule is OB(OCl)c1ccc(F)cc1F. The van der Waals surface area contributed by atoms with Crippen LogP contribution in [-0.2, 0) is 4.21 Å². The third-order valence-corrected chi connectivity index (χ3v) is 1.48. The molecule has 1 aromatic rings. The first-order chi connectivity index (χ1) is 5.65. The van der Waals surface area contributed by atoms with Gasteiger partial charge in [-0.25, -0.2) is 8.78 Å². The van der Waals surface area contributed by atoms with E-state index in [1.807, 2.05) is 0 Å². The van der Waals surface area contributed by atoms with Crippen molar-refractivity contribution in [2.24, 2.45) is 0 Å². The number of halogens is 3. The van der Waals surface area contributed by atoms with E-state index in [0.29, 0.717) is 6.07 Å². The van der Waals surface area contributed by atoms with Gasteiger partial charge < -0.3 is 9.23 Å². The van der Waals surface area contributed by atoms with Gasteiger partial charge in [0.05, 0.1) is 0 Å². The summed E-state index contributed by atoms with van der Waals surface area (Å²) in [7, 11) is -1.58. The van der Waals surface area contributed by atoms with Crippen molar-refractivity contribution in [1.82, 2.24) is 0 Å². The van der Waals surface area contributed by atoms with Crippen LogP contribution in [0.15, 0.2) is 18.2 Å². The molecule has 0 spiro atoms. The molecule has 0 saturated heterocycles. The monoisotopic (exact) mass is 192 g/mol. The molecule has 0 aromatic heterocycles. The van der Waals surface area contributed by atoms with E-state index in [9.17, 15) is 8.78 Å². The Morgan fingerprint density at radius 1 is 1.42 bits per heavy atom. The van der Waals surface area contributed by atoms with Crippen LogP contribution in [0.25, 0.3) is 0 Å². The van der Waals surface area contributed by atoms with Crippen molar-refractivity contribution >= 4 is 24.4 Å². The van der Waals surface area contributed by atoms with Crippen LogP contribution in [0.1, 0.15) is 0 Å². The van der Waals surface area contributed by atoms with Crippen LogP contribution in [0.2, 0.25) is 0 Å². The van der Waals surface area contributed by atoms with E-state index in [0.717, 1.165) is 12.1 Å². The van der Waals surface area contributed by atoms with Crippen molar-refractivity contribution in [3.05, 3.63) is 29.8 Å². The Bertz CT molecular complexity index is 284. The highest BCUT2D eigenvalue weighted by Crippen LogP contribution is 2.01. The Labute approximate surface area is 73.0 Å². The van der Waals surface area contributed by atoms with Crippen LogP contribution in [0.4, 0.5) is 8.78 Å². The van der Waals surface area contributed by atoms with Gasteiger partial charge in [0, 0.05) is 23.4 Å². The van der Waals surface area contributed by atoms with Crippen molar-refractivity contribution in [2.45, 2.75) is 0 Å². The van der Waals surface area contributed by atoms with Gasteiger partial charge in [-0.1, -0.05) is 6.07 Å². The van der Waals surface area contributed by atoms with Crippen molar-refractivity contribution in [1.29, 1.82) is 0 Å². The summed E-state index contributed by atoms with van der Waals surface area (Å²) in [4.78, 5) is 0. The maximum Gasteiger partial charge on any atom is 0.511 e. The summed E-state index contributed by atoms with van der Waals surface area (Å²) >= 11 is 4.79. The summed E-state index contributed by atoms with van der Waals surface area (Å²) in [5.74, 6) is -1.62. The van der Waals surface area contributed by atoms with E-state index < -0.39 is 18.8 Å². The highest BCUT2D eigenvalue weighted by Gasteiger charge is 2.20. The van der Waals surface area contributed by atoms with Crippen LogP contribution in [0.3, 0.4) is 0 Å². The predicted octanol–water partition coefficient (Wildman–Crippen LogP) is 0.823. The topological polar surface area (TPSA) is 29.5 Å².